The van der Waals surface area contributed by atoms with Crippen molar-refractivity contribution in [2.75, 3.05) is 0 Å². The third kappa shape index (κ3) is 10.4. The molecule has 2 unspecified atom stereocenters. The third-order valence-electron chi connectivity index (χ3n) is 5.62. The summed E-state index contributed by atoms with van der Waals surface area (Å²) < 4.78 is 0. The fourth-order valence-corrected chi connectivity index (χ4v) is 4.18. The van der Waals surface area contributed by atoms with Crippen LogP contribution in [0.25, 0.3) is 0 Å². The normalized spacial score (nSPS) is 26.6. The van der Waals surface area contributed by atoms with Crippen molar-refractivity contribution in [3.63, 3.8) is 0 Å². The van der Waals surface area contributed by atoms with E-state index in [1.807, 2.05) is 0 Å². The number of rotatable bonds is 6. The molecular formula is C21H42. The Labute approximate surface area is 135 Å². The van der Waals surface area contributed by atoms with Gasteiger partial charge in [0.05, 0.1) is 0 Å². The first-order valence-electron chi connectivity index (χ1n) is 10.4. The van der Waals surface area contributed by atoms with Crippen LogP contribution in [0, 0.1) is 11.8 Å². The van der Waals surface area contributed by atoms with Gasteiger partial charge in [0, 0.05) is 0 Å². The second-order valence-corrected chi connectivity index (χ2v) is 7.65. The Morgan fingerprint density at radius 1 is 0.524 bits per heavy atom. The molecule has 0 N–H and O–H groups in total. The third-order valence-corrected chi connectivity index (χ3v) is 5.62. The molecule has 21 heavy (non-hydrogen) atoms. The van der Waals surface area contributed by atoms with Crippen LogP contribution in [0.3, 0.4) is 0 Å². The average molecular weight is 295 g/mol. The molecule has 1 rings (SSSR count). The summed E-state index contributed by atoms with van der Waals surface area (Å²) in [5.41, 5.74) is 0. The molecule has 0 nitrogen and oxygen atoms in total. The monoisotopic (exact) mass is 294 g/mol. The van der Waals surface area contributed by atoms with Gasteiger partial charge in [0.1, 0.15) is 0 Å². The summed E-state index contributed by atoms with van der Waals surface area (Å²) in [6.07, 6.45) is 25.4. The molecule has 2 atom stereocenters. The quantitative estimate of drug-likeness (QED) is 0.437. The van der Waals surface area contributed by atoms with Gasteiger partial charge in [-0.15, -0.1) is 0 Å². The van der Waals surface area contributed by atoms with Crippen molar-refractivity contribution in [2.45, 2.75) is 123 Å². The van der Waals surface area contributed by atoms with E-state index < -0.39 is 0 Å². The molecule has 126 valence electrons. The lowest BCUT2D eigenvalue weighted by Crippen LogP contribution is -2.07. The van der Waals surface area contributed by atoms with Gasteiger partial charge in [-0.2, -0.15) is 0 Å². The standard InChI is InChI=1S/C21H42/c1-3-5-11-15-21-17-13-10-8-6-7-9-12-16-20(14-4-2)18-19-21/h20-21H,3-19H2,1-2H3. The van der Waals surface area contributed by atoms with E-state index in [2.05, 4.69) is 13.8 Å². The van der Waals surface area contributed by atoms with E-state index in [1.165, 1.54) is 109 Å². The highest BCUT2D eigenvalue weighted by atomic mass is 14.2. The molecule has 0 aromatic rings. The number of hydrogen-bond acceptors (Lipinski definition) is 0. The lowest BCUT2D eigenvalue weighted by molar-refractivity contribution is 0.318. The molecule has 0 heterocycles. The van der Waals surface area contributed by atoms with Gasteiger partial charge in [-0.1, -0.05) is 123 Å². The van der Waals surface area contributed by atoms with Crippen LogP contribution in [0.15, 0.2) is 0 Å². The highest BCUT2D eigenvalue weighted by molar-refractivity contribution is 4.67. The van der Waals surface area contributed by atoms with Crippen LogP contribution in [0.5, 0.6) is 0 Å². The fourth-order valence-electron chi connectivity index (χ4n) is 4.18. The van der Waals surface area contributed by atoms with E-state index in [4.69, 9.17) is 0 Å². The summed E-state index contributed by atoms with van der Waals surface area (Å²) in [6.45, 7) is 4.71. The molecule has 0 heteroatoms. The van der Waals surface area contributed by atoms with Crippen molar-refractivity contribution in [1.82, 2.24) is 0 Å². The van der Waals surface area contributed by atoms with Crippen LogP contribution in [-0.2, 0) is 0 Å². The van der Waals surface area contributed by atoms with Crippen LogP contribution in [0.1, 0.15) is 123 Å². The molecule has 1 aliphatic rings. The summed E-state index contributed by atoms with van der Waals surface area (Å²) >= 11 is 0. The smallest absolute Gasteiger partial charge is 0.0414 e. The maximum absolute atomic E-state index is 2.37. The largest absolute Gasteiger partial charge is 0.0654 e. The van der Waals surface area contributed by atoms with E-state index in [0.29, 0.717) is 0 Å². The molecule has 0 radical (unpaired) electrons. The zero-order chi connectivity index (χ0) is 15.2. The van der Waals surface area contributed by atoms with Crippen molar-refractivity contribution in [2.24, 2.45) is 11.8 Å². The highest BCUT2D eigenvalue weighted by Crippen LogP contribution is 2.29. The second kappa shape index (κ2) is 13.6. The van der Waals surface area contributed by atoms with Gasteiger partial charge in [0.2, 0.25) is 0 Å². The molecule has 0 saturated heterocycles. The Bertz CT molecular complexity index is 208. The molecule has 0 aliphatic heterocycles. The topological polar surface area (TPSA) is 0 Å². The molecule has 0 aromatic carbocycles. The molecule has 0 aromatic heterocycles. The lowest BCUT2D eigenvalue weighted by atomic mass is 9.85. The van der Waals surface area contributed by atoms with Gasteiger partial charge in [0.25, 0.3) is 0 Å². The summed E-state index contributed by atoms with van der Waals surface area (Å²) in [6, 6.07) is 0. The van der Waals surface area contributed by atoms with Crippen molar-refractivity contribution < 1.29 is 0 Å². The van der Waals surface area contributed by atoms with Crippen molar-refractivity contribution in [3.05, 3.63) is 0 Å². The minimum absolute atomic E-state index is 1.05. The Morgan fingerprint density at radius 3 is 1.57 bits per heavy atom. The maximum Gasteiger partial charge on any atom is -0.0414 e. The van der Waals surface area contributed by atoms with Gasteiger partial charge in [-0.25, -0.2) is 0 Å². The van der Waals surface area contributed by atoms with E-state index in [0.717, 1.165) is 11.8 Å². The van der Waals surface area contributed by atoms with Gasteiger partial charge in [-0.3, -0.25) is 0 Å². The molecule has 0 spiro atoms. The van der Waals surface area contributed by atoms with Gasteiger partial charge in [0.15, 0.2) is 0 Å². The Hall–Kier alpha value is 0. The Kier molecular flexibility index (Phi) is 12.4. The van der Waals surface area contributed by atoms with E-state index in [1.54, 1.807) is 0 Å². The highest BCUT2D eigenvalue weighted by Gasteiger charge is 2.14. The van der Waals surface area contributed by atoms with E-state index in [9.17, 15) is 0 Å². The summed E-state index contributed by atoms with van der Waals surface area (Å²) in [4.78, 5) is 0. The van der Waals surface area contributed by atoms with E-state index in [-0.39, 0.29) is 0 Å². The van der Waals surface area contributed by atoms with Crippen molar-refractivity contribution >= 4 is 0 Å². The predicted molar refractivity (Wildman–Crippen MR) is 96.8 cm³/mol. The first kappa shape index (κ1) is 19.0. The predicted octanol–water partition coefficient (Wildman–Crippen LogP) is 7.90. The number of unbranched alkanes of at least 4 members (excludes halogenated alkanes) is 2. The first-order valence-corrected chi connectivity index (χ1v) is 10.4. The van der Waals surface area contributed by atoms with Crippen molar-refractivity contribution in [1.29, 1.82) is 0 Å². The SMILES string of the molecule is CCCCCC1CCCCCCCCCC(CCC)CC1. The van der Waals surface area contributed by atoms with Crippen LogP contribution in [0.4, 0.5) is 0 Å². The number of hydrogen-bond donors (Lipinski definition) is 0. The minimum Gasteiger partial charge on any atom is -0.0654 e. The zero-order valence-electron chi connectivity index (χ0n) is 15.2. The Morgan fingerprint density at radius 2 is 1.05 bits per heavy atom. The molecule has 0 bridgehead atoms. The van der Waals surface area contributed by atoms with Crippen LogP contribution >= 0.6 is 0 Å². The van der Waals surface area contributed by atoms with Gasteiger partial charge >= 0.3 is 0 Å². The van der Waals surface area contributed by atoms with Crippen LogP contribution in [0.2, 0.25) is 0 Å². The van der Waals surface area contributed by atoms with Crippen LogP contribution < -0.4 is 0 Å². The zero-order valence-corrected chi connectivity index (χ0v) is 15.2. The lowest BCUT2D eigenvalue weighted by Gasteiger charge is -2.21. The van der Waals surface area contributed by atoms with Crippen LogP contribution in [-0.4, -0.2) is 0 Å². The first-order chi connectivity index (χ1) is 10.4. The summed E-state index contributed by atoms with van der Waals surface area (Å²) in [7, 11) is 0. The fraction of sp³-hybridized carbons (Fsp3) is 1.00. The summed E-state index contributed by atoms with van der Waals surface area (Å²) in [5.74, 6) is 2.10. The van der Waals surface area contributed by atoms with Gasteiger partial charge in [-0.05, 0) is 11.8 Å². The maximum atomic E-state index is 2.37. The molecular weight excluding hydrogens is 252 g/mol. The van der Waals surface area contributed by atoms with E-state index >= 15 is 0 Å². The second-order valence-electron chi connectivity index (χ2n) is 7.65. The average Bonchev–Trinajstić information content (AvgIpc) is 2.51. The molecule has 0 amide bonds. The summed E-state index contributed by atoms with van der Waals surface area (Å²) in [5, 5.41) is 0. The van der Waals surface area contributed by atoms with Crippen molar-refractivity contribution in [3.8, 4) is 0 Å². The molecule has 1 aliphatic carbocycles. The Balaban J connectivity index is 2.40. The molecule has 1 saturated carbocycles. The van der Waals surface area contributed by atoms with Gasteiger partial charge < -0.3 is 0 Å². The minimum atomic E-state index is 1.05. The molecule has 1 fully saturated rings.